The lowest BCUT2D eigenvalue weighted by Gasteiger charge is -2.17. The summed E-state index contributed by atoms with van der Waals surface area (Å²) in [6, 6.07) is 8.07. The molecule has 1 rings (SSSR count). The highest BCUT2D eigenvalue weighted by Crippen LogP contribution is 2.07. The Kier molecular flexibility index (Phi) is 4.43. The Labute approximate surface area is 101 Å². The van der Waals surface area contributed by atoms with Crippen LogP contribution in [0.2, 0.25) is 0 Å². The Morgan fingerprint density at radius 2 is 2.19 bits per heavy atom. The van der Waals surface area contributed by atoms with Gasteiger partial charge in [0.2, 0.25) is 5.91 Å². The predicted octanol–water partition coefficient (Wildman–Crippen LogP) is 1.63. The zero-order valence-electron chi connectivity index (χ0n) is 9.56. The first-order valence-corrected chi connectivity index (χ1v) is 5.47. The van der Waals surface area contributed by atoms with E-state index < -0.39 is 0 Å². The van der Waals surface area contributed by atoms with Crippen molar-refractivity contribution >= 4 is 23.1 Å². The molecule has 0 saturated heterocycles. The third-order valence-electron chi connectivity index (χ3n) is 2.25. The fourth-order valence-corrected chi connectivity index (χ4v) is 1.58. The fraction of sp³-hybridized carbons (Fsp3) is 0.333. The number of hydrogen-bond acceptors (Lipinski definition) is 2. The highest BCUT2D eigenvalue weighted by atomic mass is 32.1. The SMILES string of the molecule is Cc1cccc(CN(C)C(=O)CC(N)=S)c1. The van der Waals surface area contributed by atoms with E-state index in [1.54, 1.807) is 11.9 Å². The number of rotatable bonds is 4. The minimum Gasteiger partial charge on any atom is -0.393 e. The van der Waals surface area contributed by atoms with Gasteiger partial charge in [0, 0.05) is 13.6 Å². The van der Waals surface area contributed by atoms with Crippen LogP contribution in [0.25, 0.3) is 0 Å². The van der Waals surface area contributed by atoms with Crippen LogP contribution in [0.1, 0.15) is 17.5 Å². The normalized spacial score (nSPS) is 9.88. The van der Waals surface area contributed by atoms with Crippen molar-refractivity contribution in [3.05, 3.63) is 35.4 Å². The van der Waals surface area contributed by atoms with Gasteiger partial charge in [-0.25, -0.2) is 0 Å². The summed E-state index contributed by atoms with van der Waals surface area (Å²) < 4.78 is 0. The van der Waals surface area contributed by atoms with Gasteiger partial charge < -0.3 is 10.6 Å². The first-order chi connectivity index (χ1) is 7.49. The smallest absolute Gasteiger partial charge is 0.229 e. The molecule has 0 aliphatic rings. The van der Waals surface area contributed by atoms with Crippen LogP contribution in [0.15, 0.2) is 24.3 Å². The zero-order chi connectivity index (χ0) is 12.1. The van der Waals surface area contributed by atoms with Gasteiger partial charge in [-0.05, 0) is 12.5 Å². The molecule has 0 saturated carbocycles. The number of carbonyl (C=O) groups excluding carboxylic acids is 1. The number of benzene rings is 1. The molecule has 4 heteroatoms. The average Bonchev–Trinajstić information content (AvgIpc) is 2.16. The van der Waals surface area contributed by atoms with E-state index in [-0.39, 0.29) is 17.3 Å². The van der Waals surface area contributed by atoms with Crippen LogP contribution in [-0.2, 0) is 11.3 Å². The Morgan fingerprint density at radius 1 is 1.50 bits per heavy atom. The molecule has 16 heavy (non-hydrogen) atoms. The van der Waals surface area contributed by atoms with E-state index in [2.05, 4.69) is 6.07 Å². The fourth-order valence-electron chi connectivity index (χ4n) is 1.46. The summed E-state index contributed by atoms with van der Waals surface area (Å²) >= 11 is 4.71. The zero-order valence-corrected chi connectivity index (χ0v) is 10.4. The van der Waals surface area contributed by atoms with E-state index in [9.17, 15) is 4.79 Å². The number of aryl methyl sites for hydroxylation is 1. The largest absolute Gasteiger partial charge is 0.393 e. The molecule has 86 valence electrons. The Hall–Kier alpha value is -1.42. The molecule has 3 nitrogen and oxygen atoms in total. The standard InChI is InChI=1S/C12H16N2OS/c1-9-4-3-5-10(6-9)8-14(2)12(15)7-11(13)16/h3-6H,7-8H2,1-2H3,(H2,13,16). The summed E-state index contributed by atoms with van der Waals surface area (Å²) in [5.74, 6) is -0.0472. The second-order valence-electron chi connectivity index (χ2n) is 3.88. The predicted molar refractivity (Wildman–Crippen MR) is 69.1 cm³/mol. The molecule has 0 aliphatic heterocycles. The van der Waals surface area contributed by atoms with Crippen LogP contribution in [0.5, 0.6) is 0 Å². The van der Waals surface area contributed by atoms with Gasteiger partial charge in [0.05, 0.1) is 11.4 Å². The highest BCUT2D eigenvalue weighted by Gasteiger charge is 2.10. The minimum atomic E-state index is -0.0472. The van der Waals surface area contributed by atoms with Crippen molar-refractivity contribution in [2.45, 2.75) is 19.9 Å². The lowest BCUT2D eigenvalue weighted by molar-refractivity contribution is -0.129. The van der Waals surface area contributed by atoms with Gasteiger partial charge in [-0.3, -0.25) is 4.79 Å². The van der Waals surface area contributed by atoms with E-state index in [1.165, 1.54) is 5.56 Å². The number of nitrogens with zero attached hydrogens (tertiary/aromatic N) is 1. The van der Waals surface area contributed by atoms with Gasteiger partial charge in [-0.2, -0.15) is 0 Å². The maximum Gasteiger partial charge on any atom is 0.229 e. The highest BCUT2D eigenvalue weighted by molar-refractivity contribution is 7.80. The van der Waals surface area contributed by atoms with Crippen LogP contribution in [0, 0.1) is 6.92 Å². The monoisotopic (exact) mass is 236 g/mol. The summed E-state index contributed by atoms with van der Waals surface area (Å²) in [7, 11) is 1.75. The number of hydrogen-bond donors (Lipinski definition) is 1. The molecule has 1 aromatic rings. The number of amides is 1. The first-order valence-electron chi connectivity index (χ1n) is 5.07. The van der Waals surface area contributed by atoms with Gasteiger partial charge in [0.1, 0.15) is 0 Å². The van der Waals surface area contributed by atoms with Crippen LogP contribution < -0.4 is 5.73 Å². The second-order valence-corrected chi connectivity index (χ2v) is 4.41. The molecule has 0 heterocycles. The number of nitrogens with two attached hydrogens (primary N) is 1. The van der Waals surface area contributed by atoms with Crippen LogP contribution in [0.3, 0.4) is 0 Å². The molecule has 2 N–H and O–H groups in total. The van der Waals surface area contributed by atoms with E-state index in [0.29, 0.717) is 6.54 Å². The quantitative estimate of drug-likeness (QED) is 0.808. The van der Waals surface area contributed by atoms with E-state index >= 15 is 0 Å². The molecular weight excluding hydrogens is 220 g/mol. The Bertz CT molecular complexity index is 404. The van der Waals surface area contributed by atoms with Crippen LogP contribution in [0.4, 0.5) is 0 Å². The lowest BCUT2D eigenvalue weighted by Crippen LogP contribution is -2.29. The molecule has 1 amide bonds. The van der Waals surface area contributed by atoms with Gasteiger partial charge >= 0.3 is 0 Å². The molecule has 0 fully saturated rings. The summed E-state index contributed by atoms with van der Waals surface area (Å²) in [5.41, 5.74) is 7.63. The third kappa shape index (κ3) is 3.98. The lowest BCUT2D eigenvalue weighted by atomic mass is 10.1. The third-order valence-corrected chi connectivity index (χ3v) is 2.40. The first kappa shape index (κ1) is 12.6. The molecule has 0 bridgehead atoms. The van der Waals surface area contributed by atoms with Crippen LogP contribution in [-0.4, -0.2) is 22.8 Å². The Morgan fingerprint density at radius 3 is 2.75 bits per heavy atom. The van der Waals surface area contributed by atoms with Crippen molar-refractivity contribution < 1.29 is 4.79 Å². The van der Waals surface area contributed by atoms with Crippen molar-refractivity contribution in [2.75, 3.05) is 7.05 Å². The maximum absolute atomic E-state index is 11.6. The van der Waals surface area contributed by atoms with Gasteiger partial charge in [-0.1, -0.05) is 42.0 Å². The van der Waals surface area contributed by atoms with Gasteiger partial charge in [-0.15, -0.1) is 0 Å². The van der Waals surface area contributed by atoms with Gasteiger partial charge in [0.15, 0.2) is 0 Å². The summed E-state index contributed by atoms with van der Waals surface area (Å²) in [5, 5.41) is 0. The minimum absolute atomic E-state index is 0.0472. The summed E-state index contributed by atoms with van der Waals surface area (Å²) in [6.45, 7) is 2.61. The molecule has 0 unspecified atom stereocenters. The molecule has 0 atom stereocenters. The van der Waals surface area contributed by atoms with Crippen molar-refractivity contribution in [1.82, 2.24) is 4.90 Å². The summed E-state index contributed by atoms with van der Waals surface area (Å²) in [4.78, 5) is 13.5. The molecular formula is C12H16N2OS. The molecule has 1 aromatic carbocycles. The van der Waals surface area contributed by atoms with Crippen molar-refractivity contribution in [2.24, 2.45) is 5.73 Å². The summed E-state index contributed by atoms with van der Waals surface area (Å²) in [6.07, 6.45) is 0.137. The number of thiocarbonyl (C=S) groups is 1. The van der Waals surface area contributed by atoms with Gasteiger partial charge in [0.25, 0.3) is 0 Å². The van der Waals surface area contributed by atoms with E-state index in [4.69, 9.17) is 18.0 Å². The van der Waals surface area contributed by atoms with Crippen molar-refractivity contribution in [3.63, 3.8) is 0 Å². The van der Waals surface area contributed by atoms with Crippen LogP contribution >= 0.6 is 12.2 Å². The molecule has 0 spiro atoms. The average molecular weight is 236 g/mol. The van der Waals surface area contributed by atoms with E-state index in [1.807, 2.05) is 25.1 Å². The van der Waals surface area contributed by atoms with Crippen molar-refractivity contribution in [3.8, 4) is 0 Å². The maximum atomic E-state index is 11.6. The molecule has 0 aromatic heterocycles. The van der Waals surface area contributed by atoms with Crippen molar-refractivity contribution in [1.29, 1.82) is 0 Å². The molecule has 0 aliphatic carbocycles. The molecule has 0 radical (unpaired) electrons. The number of carbonyl (C=O) groups is 1. The van der Waals surface area contributed by atoms with E-state index in [0.717, 1.165) is 5.56 Å². The topological polar surface area (TPSA) is 46.3 Å². The Balaban J connectivity index is 2.60. The second kappa shape index (κ2) is 5.61.